The lowest BCUT2D eigenvalue weighted by molar-refractivity contribution is 0.462. The molecule has 4 aromatic carbocycles. The number of nitrogens with zero attached hydrogens (tertiary/aromatic N) is 2. The minimum absolute atomic E-state index is 0.286. The van der Waals surface area contributed by atoms with E-state index in [1.54, 1.807) is 0 Å². The van der Waals surface area contributed by atoms with Gasteiger partial charge in [-0.15, -0.1) is 0 Å². The maximum atomic E-state index is 2.58. The number of para-hydroxylation sites is 2. The van der Waals surface area contributed by atoms with Gasteiger partial charge in [-0.3, -0.25) is 0 Å². The molecule has 5 rings (SSSR count). The number of rotatable bonds is 4. The second kappa shape index (κ2) is 8.46. The zero-order valence-corrected chi connectivity index (χ0v) is 17.0. The van der Waals surface area contributed by atoms with Crippen molar-refractivity contribution in [3.63, 3.8) is 0 Å². The molecule has 1 heterocycles. The Balaban J connectivity index is 1.61. The molecule has 2 atom stereocenters. The summed E-state index contributed by atoms with van der Waals surface area (Å²) < 4.78 is 0. The molecular formula is C28H26N2. The summed E-state index contributed by atoms with van der Waals surface area (Å²) in [5.74, 6) is 0. The second-order valence-corrected chi connectivity index (χ2v) is 7.83. The van der Waals surface area contributed by atoms with Crippen molar-refractivity contribution in [2.24, 2.45) is 0 Å². The molecule has 0 aliphatic carbocycles. The molecule has 2 unspecified atom stereocenters. The van der Waals surface area contributed by atoms with E-state index in [2.05, 4.69) is 131 Å². The van der Waals surface area contributed by atoms with E-state index in [4.69, 9.17) is 0 Å². The van der Waals surface area contributed by atoms with Crippen LogP contribution >= 0.6 is 0 Å². The highest BCUT2D eigenvalue weighted by Crippen LogP contribution is 2.40. The van der Waals surface area contributed by atoms with Crippen LogP contribution in [0, 0.1) is 0 Å². The lowest BCUT2D eigenvalue weighted by Crippen LogP contribution is -2.50. The smallest absolute Gasteiger partial charge is 0.0718 e. The number of piperazine rings is 1. The molecule has 1 saturated heterocycles. The Labute approximate surface area is 179 Å². The third kappa shape index (κ3) is 3.69. The van der Waals surface area contributed by atoms with Gasteiger partial charge >= 0.3 is 0 Å². The summed E-state index contributed by atoms with van der Waals surface area (Å²) in [5.41, 5.74) is 5.27. The molecule has 1 fully saturated rings. The first kappa shape index (κ1) is 18.5. The van der Waals surface area contributed by atoms with Crippen molar-refractivity contribution in [1.82, 2.24) is 0 Å². The Morgan fingerprint density at radius 3 is 1.03 bits per heavy atom. The molecule has 1 aliphatic heterocycles. The molecule has 2 heteroatoms. The van der Waals surface area contributed by atoms with Gasteiger partial charge in [0.05, 0.1) is 12.1 Å². The van der Waals surface area contributed by atoms with Gasteiger partial charge in [-0.05, 0) is 35.4 Å². The van der Waals surface area contributed by atoms with Crippen LogP contribution in [0.15, 0.2) is 121 Å². The summed E-state index contributed by atoms with van der Waals surface area (Å²) in [6.07, 6.45) is 0. The summed E-state index contributed by atoms with van der Waals surface area (Å²) in [5, 5.41) is 0. The van der Waals surface area contributed by atoms with Gasteiger partial charge in [0.25, 0.3) is 0 Å². The van der Waals surface area contributed by atoms with Crippen molar-refractivity contribution in [3.05, 3.63) is 132 Å². The van der Waals surface area contributed by atoms with Crippen LogP contribution in [0.1, 0.15) is 23.2 Å². The van der Waals surface area contributed by atoms with Crippen molar-refractivity contribution in [3.8, 4) is 0 Å². The Morgan fingerprint density at radius 1 is 0.400 bits per heavy atom. The van der Waals surface area contributed by atoms with Crippen LogP contribution in [0.5, 0.6) is 0 Å². The van der Waals surface area contributed by atoms with Gasteiger partial charge in [0.15, 0.2) is 0 Å². The van der Waals surface area contributed by atoms with Crippen LogP contribution in [-0.2, 0) is 0 Å². The van der Waals surface area contributed by atoms with Gasteiger partial charge in [0.1, 0.15) is 0 Å². The van der Waals surface area contributed by atoms with Crippen molar-refractivity contribution in [1.29, 1.82) is 0 Å². The minimum atomic E-state index is 0.286. The van der Waals surface area contributed by atoms with Gasteiger partial charge in [-0.2, -0.15) is 0 Å². The van der Waals surface area contributed by atoms with Crippen molar-refractivity contribution in [2.75, 3.05) is 22.9 Å². The van der Waals surface area contributed by atoms with Crippen molar-refractivity contribution >= 4 is 11.4 Å². The van der Waals surface area contributed by atoms with E-state index in [0.717, 1.165) is 13.1 Å². The quantitative estimate of drug-likeness (QED) is 0.393. The first-order valence-electron chi connectivity index (χ1n) is 10.6. The van der Waals surface area contributed by atoms with E-state index in [1.165, 1.54) is 22.5 Å². The SMILES string of the molecule is c1ccc(C2CN(c3ccccc3)C(c3ccccc3)CN2c2ccccc2)cc1. The Morgan fingerprint density at radius 2 is 0.700 bits per heavy atom. The highest BCUT2D eigenvalue weighted by atomic mass is 15.3. The molecule has 0 spiro atoms. The normalized spacial score (nSPS) is 18.9. The maximum Gasteiger partial charge on any atom is 0.0718 e. The average Bonchev–Trinajstić information content (AvgIpc) is 2.85. The molecule has 148 valence electrons. The van der Waals surface area contributed by atoms with Gasteiger partial charge in [-0.1, -0.05) is 97.1 Å². The fourth-order valence-corrected chi connectivity index (χ4v) is 4.55. The molecular weight excluding hydrogens is 364 g/mol. The molecule has 0 N–H and O–H groups in total. The van der Waals surface area contributed by atoms with Crippen LogP contribution in [0.25, 0.3) is 0 Å². The largest absolute Gasteiger partial charge is 0.360 e. The Hall–Kier alpha value is -3.52. The summed E-state index contributed by atoms with van der Waals surface area (Å²) in [7, 11) is 0. The van der Waals surface area contributed by atoms with Crippen LogP contribution < -0.4 is 9.80 Å². The van der Waals surface area contributed by atoms with E-state index < -0.39 is 0 Å². The lowest BCUT2D eigenvalue weighted by atomic mass is 9.94. The predicted molar refractivity (Wildman–Crippen MR) is 126 cm³/mol. The van der Waals surface area contributed by atoms with E-state index >= 15 is 0 Å². The first-order chi connectivity index (χ1) is 14.9. The predicted octanol–water partition coefficient (Wildman–Crippen LogP) is 6.50. The fourth-order valence-electron chi connectivity index (χ4n) is 4.55. The van der Waals surface area contributed by atoms with E-state index in [1.807, 2.05) is 0 Å². The van der Waals surface area contributed by atoms with Crippen molar-refractivity contribution < 1.29 is 0 Å². The Kier molecular flexibility index (Phi) is 5.22. The topological polar surface area (TPSA) is 6.48 Å². The molecule has 0 saturated carbocycles. The monoisotopic (exact) mass is 390 g/mol. The fraction of sp³-hybridized carbons (Fsp3) is 0.143. The summed E-state index contributed by atoms with van der Waals surface area (Å²) >= 11 is 0. The lowest BCUT2D eigenvalue weighted by Gasteiger charge is -2.49. The maximum absolute atomic E-state index is 2.58. The van der Waals surface area contributed by atoms with E-state index in [-0.39, 0.29) is 12.1 Å². The van der Waals surface area contributed by atoms with Crippen LogP contribution in [0.3, 0.4) is 0 Å². The molecule has 4 aromatic rings. The molecule has 0 aromatic heterocycles. The third-order valence-electron chi connectivity index (χ3n) is 6.04. The van der Waals surface area contributed by atoms with Crippen molar-refractivity contribution in [2.45, 2.75) is 12.1 Å². The highest BCUT2D eigenvalue weighted by Gasteiger charge is 2.35. The zero-order valence-electron chi connectivity index (χ0n) is 17.0. The number of benzene rings is 4. The van der Waals surface area contributed by atoms with Gasteiger partial charge < -0.3 is 9.80 Å². The molecule has 1 aliphatic rings. The van der Waals surface area contributed by atoms with Gasteiger partial charge in [-0.25, -0.2) is 0 Å². The minimum Gasteiger partial charge on any atom is -0.360 e. The molecule has 0 radical (unpaired) electrons. The van der Waals surface area contributed by atoms with Crippen LogP contribution in [0.2, 0.25) is 0 Å². The second-order valence-electron chi connectivity index (χ2n) is 7.83. The third-order valence-corrected chi connectivity index (χ3v) is 6.04. The summed E-state index contributed by atoms with van der Waals surface area (Å²) in [6.45, 7) is 1.87. The average molecular weight is 391 g/mol. The number of hydrogen-bond acceptors (Lipinski definition) is 2. The zero-order chi connectivity index (χ0) is 20.2. The van der Waals surface area contributed by atoms with Crippen LogP contribution in [0.4, 0.5) is 11.4 Å². The molecule has 0 amide bonds. The molecule has 30 heavy (non-hydrogen) atoms. The van der Waals surface area contributed by atoms with Crippen LogP contribution in [-0.4, -0.2) is 13.1 Å². The summed E-state index contributed by atoms with van der Waals surface area (Å²) in [6, 6.07) is 44.0. The first-order valence-corrected chi connectivity index (χ1v) is 10.6. The highest BCUT2D eigenvalue weighted by molar-refractivity contribution is 5.57. The summed E-state index contributed by atoms with van der Waals surface area (Å²) in [4.78, 5) is 5.15. The number of hydrogen-bond donors (Lipinski definition) is 0. The van der Waals surface area contributed by atoms with Gasteiger partial charge in [0.2, 0.25) is 0 Å². The van der Waals surface area contributed by atoms with Gasteiger partial charge in [0, 0.05) is 24.5 Å². The van der Waals surface area contributed by atoms with E-state index in [9.17, 15) is 0 Å². The van der Waals surface area contributed by atoms with E-state index in [0.29, 0.717) is 0 Å². The standard InChI is InChI=1S/C28H26N2/c1-5-13-23(14-6-1)27-21-30(26-19-11-4-12-20-26)28(24-15-7-2-8-16-24)22-29(27)25-17-9-3-10-18-25/h1-20,27-28H,21-22H2. The molecule has 2 nitrogen and oxygen atoms in total. The number of anilines is 2. The Bertz CT molecular complexity index is 873. The molecule has 0 bridgehead atoms.